The molecule has 1 aliphatic rings. The predicted molar refractivity (Wildman–Crippen MR) is 96.5 cm³/mol. The van der Waals surface area contributed by atoms with E-state index >= 15 is 0 Å². The Balaban J connectivity index is 2.05. The lowest BCUT2D eigenvalue weighted by Crippen LogP contribution is -2.21. The molecule has 0 saturated carbocycles. The number of pyridine rings is 1. The average molecular weight is 425 g/mol. The number of carbonyl (C=O) groups excluding carboxylic acids is 2. The summed E-state index contributed by atoms with van der Waals surface area (Å²) in [4.78, 5) is 28.8. The summed E-state index contributed by atoms with van der Waals surface area (Å²) in [6, 6.07) is 1.52. The monoisotopic (exact) mass is 425 g/mol. The van der Waals surface area contributed by atoms with E-state index in [1.807, 2.05) is 0 Å². The zero-order valence-electron chi connectivity index (χ0n) is 16.1. The van der Waals surface area contributed by atoms with Crippen molar-refractivity contribution < 1.29 is 37.3 Å². The number of aliphatic hydroxyl groups excluding tert-OH is 1. The molecule has 0 unspecified atom stereocenters. The number of ketones is 2. The number of Topliss-reactive ketones (excluding diaryl/α,β-unsaturated/α-hetero) is 2. The van der Waals surface area contributed by atoms with Crippen molar-refractivity contribution in [2.24, 2.45) is 0 Å². The Morgan fingerprint density at radius 3 is 2.60 bits per heavy atom. The number of aromatic nitrogens is 3. The van der Waals surface area contributed by atoms with Gasteiger partial charge in [-0.3, -0.25) is 19.3 Å². The number of nitrogens with zero attached hydrogens (tertiary/aromatic N) is 3. The van der Waals surface area contributed by atoms with Crippen molar-refractivity contribution in [3.05, 3.63) is 46.7 Å². The normalized spacial score (nSPS) is 14.8. The SMILES string of the molecule is COc1ccnc(Cn2cc(C(=O)C3=C(O)CCCC3=O)c(C(F)(F)F)n2)c1OC. The number of ether oxygens (including phenoxy) is 2. The van der Waals surface area contributed by atoms with Crippen LogP contribution < -0.4 is 9.47 Å². The minimum Gasteiger partial charge on any atom is -0.511 e. The van der Waals surface area contributed by atoms with Crippen LogP contribution >= 0.6 is 0 Å². The number of halogens is 3. The molecule has 0 saturated heterocycles. The third-order valence-corrected chi connectivity index (χ3v) is 4.56. The molecule has 1 aliphatic carbocycles. The standard InChI is InChI=1S/C19H18F3N3O5/c1-29-14-6-7-23-11(17(14)30-2)9-25-8-10(18(24-25)19(20,21)22)16(28)15-12(26)4-3-5-13(15)27/h6-8,26H,3-5,9H2,1-2H3. The largest absolute Gasteiger partial charge is 0.511 e. The van der Waals surface area contributed by atoms with Gasteiger partial charge in [0.05, 0.1) is 26.3 Å². The van der Waals surface area contributed by atoms with Crippen LogP contribution in [0.5, 0.6) is 11.5 Å². The zero-order chi connectivity index (χ0) is 22.1. The summed E-state index contributed by atoms with van der Waals surface area (Å²) in [5, 5.41) is 13.4. The van der Waals surface area contributed by atoms with Gasteiger partial charge in [0.2, 0.25) is 5.78 Å². The Morgan fingerprint density at radius 1 is 1.27 bits per heavy atom. The Morgan fingerprint density at radius 2 is 2.00 bits per heavy atom. The summed E-state index contributed by atoms with van der Waals surface area (Å²) in [7, 11) is 2.75. The van der Waals surface area contributed by atoms with E-state index in [1.54, 1.807) is 0 Å². The summed E-state index contributed by atoms with van der Waals surface area (Å²) >= 11 is 0. The molecule has 2 heterocycles. The summed E-state index contributed by atoms with van der Waals surface area (Å²) in [5.74, 6) is -1.88. The molecule has 2 aromatic heterocycles. The molecule has 0 spiro atoms. The molecule has 1 N–H and O–H groups in total. The van der Waals surface area contributed by atoms with Gasteiger partial charge in [0.15, 0.2) is 23.0 Å². The van der Waals surface area contributed by atoms with Gasteiger partial charge in [-0.2, -0.15) is 18.3 Å². The molecule has 0 fully saturated rings. The topological polar surface area (TPSA) is 104 Å². The lowest BCUT2D eigenvalue weighted by atomic mass is 9.90. The fourth-order valence-corrected chi connectivity index (χ4v) is 3.21. The van der Waals surface area contributed by atoms with E-state index in [9.17, 15) is 27.9 Å². The molecular formula is C19H18F3N3O5. The van der Waals surface area contributed by atoms with Gasteiger partial charge in [0, 0.05) is 31.3 Å². The van der Waals surface area contributed by atoms with Crippen LogP contribution in [-0.2, 0) is 17.5 Å². The maximum Gasteiger partial charge on any atom is 0.435 e. The first-order chi connectivity index (χ1) is 14.2. The van der Waals surface area contributed by atoms with Gasteiger partial charge in [0.25, 0.3) is 0 Å². The Hall–Kier alpha value is -3.37. The highest BCUT2D eigenvalue weighted by Gasteiger charge is 2.41. The van der Waals surface area contributed by atoms with E-state index in [-0.39, 0.29) is 30.8 Å². The van der Waals surface area contributed by atoms with Crippen molar-refractivity contribution in [3.63, 3.8) is 0 Å². The minimum atomic E-state index is -4.95. The predicted octanol–water partition coefficient (Wildman–Crippen LogP) is 3.11. The molecule has 11 heteroatoms. The highest BCUT2D eigenvalue weighted by molar-refractivity contribution is 6.27. The van der Waals surface area contributed by atoms with E-state index in [4.69, 9.17) is 9.47 Å². The Kier molecular flexibility index (Phi) is 5.81. The van der Waals surface area contributed by atoms with Crippen molar-refractivity contribution in [1.29, 1.82) is 0 Å². The maximum absolute atomic E-state index is 13.5. The Labute approximate surface area is 168 Å². The molecule has 0 radical (unpaired) electrons. The lowest BCUT2D eigenvalue weighted by Gasteiger charge is -2.14. The first-order valence-corrected chi connectivity index (χ1v) is 8.87. The van der Waals surface area contributed by atoms with Crippen molar-refractivity contribution >= 4 is 11.6 Å². The van der Waals surface area contributed by atoms with Crippen LogP contribution in [0.4, 0.5) is 13.2 Å². The van der Waals surface area contributed by atoms with Gasteiger partial charge < -0.3 is 14.6 Å². The maximum atomic E-state index is 13.5. The summed E-state index contributed by atoms with van der Waals surface area (Å²) in [6.07, 6.45) is -2.32. The van der Waals surface area contributed by atoms with Crippen LogP contribution in [0, 0.1) is 0 Å². The van der Waals surface area contributed by atoms with Gasteiger partial charge in [-0.1, -0.05) is 0 Å². The second-order valence-corrected chi connectivity index (χ2v) is 6.51. The molecular weight excluding hydrogens is 407 g/mol. The van der Waals surface area contributed by atoms with Crippen molar-refractivity contribution in [3.8, 4) is 11.5 Å². The molecule has 3 rings (SSSR count). The van der Waals surface area contributed by atoms with E-state index in [0.29, 0.717) is 12.2 Å². The van der Waals surface area contributed by atoms with Crippen LogP contribution in [0.2, 0.25) is 0 Å². The van der Waals surface area contributed by atoms with Gasteiger partial charge in [-0.05, 0) is 6.42 Å². The van der Waals surface area contributed by atoms with Crippen LogP contribution in [0.3, 0.4) is 0 Å². The second-order valence-electron chi connectivity index (χ2n) is 6.51. The van der Waals surface area contributed by atoms with Crippen LogP contribution in [0.25, 0.3) is 0 Å². The average Bonchev–Trinajstić information content (AvgIpc) is 3.12. The number of alkyl halides is 3. The van der Waals surface area contributed by atoms with Crippen LogP contribution in [0.15, 0.2) is 29.8 Å². The van der Waals surface area contributed by atoms with Crippen molar-refractivity contribution in [2.45, 2.75) is 32.0 Å². The van der Waals surface area contributed by atoms with E-state index < -0.39 is 40.3 Å². The molecule has 30 heavy (non-hydrogen) atoms. The fourth-order valence-electron chi connectivity index (χ4n) is 3.21. The number of hydrogen-bond donors (Lipinski definition) is 1. The van der Waals surface area contributed by atoms with Gasteiger partial charge in [-0.15, -0.1) is 0 Å². The minimum absolute atomic E-state index is 0.0223. The lowest BCUT2D eigenvalue weighted by molar-refractivity contribution is -0.141. The summed E-state index contributed by atoms with van der Waals surface area (Å²) in [6.45, 7) is -0.254. The van der Waals surface area contributed by atoms with Gasteiger partial charge in [0.1, 0.15) is 17.0 Å². The number of carbonyl (C=O) groups is 2. The number of hydrogen-bond acceptors (Lipinski definition) is 7. The third-order valence-electron chi connectivity index (χ3n) is 4.56. The van der Waals surface area contributed by atoms with E-state index in [0.717, 1.165) is 10.9 Å². The quantitative estimate of drug-likeness (QED) is 0.560. The molecule has 0 amide bonds. The molecule has 0 bridgehead atoms. The second kappa shape index (κ2) is 8.17. The molecule has 0 aliphatic heterocycles. The number of aliphatic hydroxyl groups is 1. The smallest absolute Gasteiger partial charge is 0.435 e. The molecule has 2 aromatic rings. The first kappa shape index (κ1) is 21.3. The van der Waals surface area contributed by atoms with Gasteiger partial charge in [-0.25, -0.2) is 0 Å². The molecule has 8 nitrogen and oxygen atoms in total. The van der Waals surface area contributed by atoms with Gasteiger partial charge >= 0.3 is 6.18 Å². The highest BCUT2D eigenvalue weighted by atomic mass is 19.4. The molecule has 0 atom stereocenters. The molecule has 160 valence electrons. The molecule has 0 aromatic carbocycles. The van der Waals surface area contributed by atoms with Crippen LogP contribution in [-0.4, -0.2) is 45.7 Å². The number of allylic oxidation sites excluding steroid dienone is 2. The number of rotatable bonds is 6. The van der Waals surface area contributed by atoms with Crippen molar-refractivity contribution in [1.82, 2.24) is 14.8 Å². The number of methoxy groups -OCH3 is 2. The highest BCUT2D eigenvalue weighted by Crippen LogP contribution is 2.34. The van der Waals surface area contributed by atoms with E-state index in [2.05, 4.69) is 10.1 Å². The first-order valence-electron chi connectivity index (χ1n) is 8.87. The van der Waals surface area contributed by atoms with Crippen LogP contribution in [0.1, 0.15) is 41.0 Å². The summed E-state index contributed by atoms with van der Waals surface area (Å²) in [5.41, 5.74) is -2.67. The fraction of sp³-hybridized carbons (Fsp3) is 0.368. The third kappa shape index (κ3) is 4.00. The summed E-state index contributed by atoms with van der Waals surface area (Å²) < 4.78 is 51.8. The Bertz CT molecular complexity index is 1030. The van der Waals surface area contributed by atoms with Crippen molar-refractivity contribution in [2.75, 3.05) is 14.2 Å². The zero-order valence-corrected chi connectivity index (χ0v) is 16.1. The van der Waals surface area contributed by atoms with E-state index in [1.165, 1.54) is 26.5 Å².